The molecule has 0 aliphatic heterocycles. The number of amides is 2. The molecular weight excluding hydrogens is 458 g/mol. The third-order valence-electron chi connectivity index (χ3n) is 5.48. The summed E-state index contributed by atoms with van der Waals surface area (Å²) in [6, 6.07) is 26.7. The van der Waals surface area contributed by atoms with Gasteiger partial charge in [-0.1, -0.05) is 60.3 Å². The van der Waals surface area contributed by atoms with Crippen molar-refractivity contribution in [3.8, 4) is 17.1 Å². The molecule has 4 aromatic rings. The lowest BCUT2D eigenvalue weighted by atomic mass is 10.2. The lowest BCUT2D eigenvalue weighted by Crippen LogP contribution is -2.30. The van der Waals surface area contributed by atoms with Gasteiger partial charge in [-0.15, -0.1) is 10.2 Å². The largest absolute Gasteiger partial charge is 0.339 e. The Morgan fingerprint density at radius 2 is 1.49 bits per heavy atom. The van der Waals surface area contributed by atoms with Gasteiger partial charge in [0.05, 0.1) is 5.75 Å². The van der Waals surface area contributed by atoms with E-state index in [2.05, 4.69) is 15.5 Å². The zero-order valence-electron chi connectivity index (χ0n) is 19.7. The third kappa shape index (κ3) is 5.78. The zero-order valence-corrected chi connectivity index (χ0v) is 20.5. The van der Waals surface area contributed by atoms with Crippen LogP contribution in [-0.2, 0) is 4.79 Å². The number of nitrogens with one attached hydrogen (secondary N) is 1. The van der Waals surface area contributed by atoms with Crippen LogP contribution in [0, 0.1) is 0 Å². The highest BCUT2D eigenvalue weighted by Gasteiger charge is 2.17. The average molecular weight is 486 g/mol. The standard InChI is InChI=1S/C27H27N5O2S/c1-3-31(4-2)26(34)21-15-17-22(18-16-21)28-24(33)19-35-27-30-29-25(20-11-7-5-8-12-20)32(27)23-13-9-6-10-14-23/h5-18H,3-4,19H2,1-2H3,(H,28,33). The van der Waals surface area contributed by atoms with Crippen LogP contribution in [0.5, 0.6) is 0 Å². The molecule has 0 radical (unpaired) electrons. The van der Waals surface area contributed by atoms with Crippen LogP contribution in [-0.4, -0.2) is 50.3 Å². The molecule has 4 rings (SSSR count). The monoisotopic (exact) mass is 485 g/mol. The predicted molar refractivity (Wildman–Crippen MR) is 140 cm³/mol. The second-order valence-corrected chi connectivity index (χ2v) is 8.68. The molecule has 2 amide bonds. The number of thioether (sulfide) groups is 1. The minimum absolute atomic E-state index is 0.0158. The van der Waals surface area contributed by atoms with Gasteiger partial charge in [-0.2, -0.15) is 0 Å². The van der Waals surface area contributed by atoms with E-state index in [-0.39, 0.29) is 17.6 Å². The molecule has 7 nitrogen and oxygen atoms in total. The second-order valence-electron chi connectivity index (χ2n) is 7.73. The van der Waals surface area contributed by atoms with Crippen molar-refractivity contribution in [3.05, 3.63) is 90.5 Å². The Hall–Kier alpha value is -3.91. The van der Waals surface area contributed by atoms with Crippen LogP contribution in [0.4, 0.5) is 5.69 Å². The molecule has 0 saturated heterocycles. The SMILES string of the molecule is CCN(CC)C(=O)c1ccc(NC(=O)CSc2nnc(-c3ccccc3)n2-c2ccccc2)cc1. The number of benzene rings is 3. The van der Waals surface area contributed by atoms with Crippen LogP contribution in [0.2, 0.25) is 0 Å². The first kappa shape index (κ1) is 24.2. The smallest absolute Gasteiger partial charge is 0.253 e. The van der Waals surface area contributed by atoms with E-state index in [1.807, 2.05) is 79.1 Å². The molecule has 0 unspecified atom stereocenters. The van der Waals surface area contributed by atoms with Crippen molar-refractivity contribution in [2.75, 3.05) is 24.2 Å². The van der Waals surface area contributed by atoms with Gasteiger partial charge in [-0.3, -0.25) is 14.2 Å². The third-order valence-corrected chi connectivity index (χ3v) is 6.41. The molecule has 35 heavy (non-hydrogen) atoms. The number of carbonyl (C=O) groups is 2. The van der Waals surface area contributed by atoms with Crippen molar-refractivity contribution in [2.45, 2.75) is 19.0 Å². The fourth-order valence-corrected chi connectivity index (χ4v) is 4.42. The zero-order chi connectivity index (χ0) is 24.6. The van der Waals surface area contributed by atoms with Gasteiger partial charge in [0.25, 0.3) is 5.91 Å². The Balaban J connectivity index is 1.46. The number of carbonyl (C=O) groups excluding carboxylic acids is 2. The molecule has 0 fully saturated rings. The molecule has 1 heterocycles. The number of anilines is 1. The van der Waals surface area contributed by atoms with E-state index in [0.717, 1.165) is 11.3 Å². The second kappa shape index (κ2) is 11.5. The quantitative estimate of drug-likeness (QED) is 0.332. The molecule has 178 valence electrons. The molecule has 8 heteroatoms. The van der Waals surface area contributed by atoms with Crippen LogP contribution >= 0.6 is 11.8 Å². The van der Waals surface area contributed by atoms with Gasteiger partial charge in [0.2, 0.25) is 5.91 Å². The van der Waals surface area contributed by atoms with Crippen molar-refractivity contribution in [2.24, 2.45) is 0 Å². The number of hydrogen-bond donors (Lipinski definition) is 1. The molecule has 0 atom stereocenters. The highest BCUT2D eigenvalue weighted by molar-refractivity contribution is 7.99. The topological polar surface area (TPSA) is 80.1 Å². The summed E-state index contributed by atoms with van der Waals surface area (Å²) >= 11 is 1.32. The highest BCUT2D eigenvalue weighted by atomic mass is 32.2. The molecule has 0 aliphatic rings. The number of nitrogens with zero attached hydrogens (tertiary/aromatic N) is 4. The summed E-state index contributed by atoms with van der Waals surface area (Å²) in [6.45, 7) is 5.22. The van der Waals surface area contributed by atoms with Crippen LogP contribution in [0.15, 0.2) is 90.1 Å². The number of hydrogen-bond acceptors (Lipinski definition) is 5. The molecule has 1 aromatic heterocycles. The molecule has 0 aliphatic carbocycles. The highest BCUT2D eigenvalue weighted by Crippen LogP contribution is 2.28. The number of para-hydroxylation sites is 1. The van der Waals surface area contributed by atoms with Crippen LogP contribution in [0.25, 0.3) is 17.1 Å². The summed E-state index contributed by atoms with van der Waals surface area (Å²) in [5.41, 5.74) is 3.11. The summed E-state index contributed by atoms with van der Waals surface area (Å²) in [5.74, 6) is 0.702. The van der Waals surface area contributed by atoms with E-state index in [1.54, 1.807) is 29.2 Å². The van der Waals surface area contributed by atoms with Gasteiger partial charge in [-0.25, -0.2) is 0 Å². The Morgan fingerprint density at radius 1 is 0.857 bits per heavy atom. The summed E-state index contributed by atoms with van der Waals surface area (Å²) < 4.78 is 1.96. The summed E-state index contributed by atoms with van der Waals surface area (Å²) in [6.07, 6.45) is 0. The normalized spacial score (nSPS) is 10.7. The van der Waals surface area contributed by atoms with Crippen molar-refractivity contribution < 1.29 is 9.59 Å². The fourth-order valence-electron chi connectivity index (χ4n) is 3.66. The first-order valence-corrected chi connectivity index (χ1v) is 12.5. The van der Waals surface area contributed by atoms with E-state index in [9.17, 15) is 9.59 Å². The van der Waals surface area contributed by atoms with Gasteiger partial charge in [-0.05, 0) is 50.2 Å². The first-order chi connectivity index (χ1) is 17.1. The Kier molecular flexibility index (Phi) is 7.95. The van der Waals surface area contributed by atoms with E-state index in [1.165, 1.54) is 11.8 Å². The van der Waals surface area contributed by atoms with Crippen molar-refractivity contribution >= 4 is 29.3 Å². The predicted octanol–water partition coefficient (Wildman–Crippen LogP) is 5.15. The first-order valence-electron chi connectivity index (χ1n) is 11.5. The van der Waals surface area contributed by atoms with Crippen LogP contribution in [0.1, 0.15) is 24.2 Å². The summed E-state index contributed by atoms with van der Waals surface area (Å²) in [4.78, 5) is 26.9. The van der Waals surface area contributed by atoms with Gasteiger partial charge in [0.1, 0.15) is 0 Å². The molecule has 0 bridgehead atoms. The molecular formula is C27H27N5O2S. The molecule has 3 aromatic carbocycles. The number of rotatable bonds is 9. The van der Waals surface area contributed by atoms with E-state index in [0.29, 0.717) is 35.3 Å². The van der Waals surface area contributed by atoms with Crippen LogP contribution in [0.3, 0.4) is 0 Å². The lowest BCUT2D eigenvalue weighted by molar-refractivity contribution is -0.113. The molecule has 1 N–H and O–H groups in total. The minimum Gasteiger partial charge on any atom is -0.339 e. The average Bonchev–Trinajstić information content (AvgIpc) is 3.33. The fraction of sp³-hybridized carbons (Fsp3) is 0.185. The van der Waals surface area contributed by atoms with Crippen molar-refractivity contribution in [1.29, 1.82) is 0 Å². The number of aromatic nitrogens is 3. The Labute approximate surface area is 209 Å². The van der Waals surface area contributed by atoms with Crippen LogP contribution < -0.4 is 5.32 Å². The van der Waals surface area contributed by atoms with Gasteiger partial charge < -0.3 is 10.2 Å². The Bertz CT molecular complexity index is 1270. The van der Waals surface area contributed by atoms with E-state index >= 15 is 0 Å². The van der Waals surface area contributed by atoms with Gasteiger partial charge in [0, 0.05) is 35.6 Å². The van der Waals surface area contributed by atoms with Gasteiger partial charge in [0.15, 0.2) is 11.0 Å². The minimum atomic E-state index is -0.165. The van der Waals surface area contributed by atoms with Gasteiger partial charge >= 0.3 is 0 Å². The summed E-state index contributed by atoms with van der Waals surface area (Å²) in [7, 11) is 0. The van der Waals surface area contributed by atoms with E-state index in [4.69, 9.17) is 0 Å². The maximum absolute atomic E-state index is 12.7. The summed E-state index contributed by atoms with van der Waals surface area (Å²) in [5, 5.41) is 12.3. The Morgan fingerprint density at radius 3 is 2.11 bits per heavy atom. The van der Waals surface area contributed by atoms with Crippen molar-refractivity contribution in [3.63, 3.8) is 0 Å². The van der Waals surface area contributed by atoms with Crippen molar-refractivity contribution in [1.82, 2.24) is 19.7 Å². The lowest BCUT2D eigenvalue weighted by Gasteiger charge is -2.18. The molecule has 0 spiro atoms. The molecule has 0 saturated carbocycles. The van der Waals surface area contributed by atoms with E-state index < -0.39 is 0 Å². The maximum Gasteiger partial charge on any atom is 0.253 e. The maximum atomic E-state index is 12.7.